The van der Waals surface area contributed by atoms with Gasteiger partial charge in [0.15, 0.2) is 5.82 Å². The molecule has 2 aromatic heterocycles. The van der Waals surface area contributed by atoms with E-state index in [0.29, 0.717) is 17.9 Å². The fourth-order valence-corrected chi connectivity index (χ4v) is 4.75. The summed E-state index contributed by atoms with van der Waals surface area (Å²) in [4.78, 5) is 0.817. The summed E-state index contributed by atoms with van der Waals surface area (Å²) in [5.74, 6) is 0.882. The predicted molar refractivity (Wildman–Crippen MR) is 90.7 cm³/mol. The minimum atomic E-state index is -3.68. The van der Waals surface area contributed by atoms with Crippen molar-refractivity contribution in [3.05, 3.63) is 40.4 Å². The molecule has 0 bridgehead atoms. The van der Waals surface area contributed by atoms with Crippen LogP contribution in [-0.2, 0) is 16.4 Å². The van der Waals surface area contributed by atoms with Crippen LogP contribution in [0.25, 0.3) is 4.96 Å². The molecule has 3 aromatic rings. The Morgan fingerprint density at radius 1 is 1.36 bits per heavy atom. The lowest BCUT2D eigenvalue weighted by Gasteiger charge is -2.08. The van der Waals surface area contributed by atoms with Crippen LogP contribution in [0.2, 0.25) is 0 Å². The molecular weight excluding hydrogens is 365 g/mol. The molecule has 1 aliphatic rings. The highest BCUT2D eigenvalue weighted by Gasteiger charge is 2.30. The van der Waals surface area contributed by atoms with E-state index in [-0.39, 0.29) is 11.4 Å². The van der Waals surface area contributed by atoms with Gasteiger partial charge >= 0.3 is 0 Å². The van der Waals surface area contributed by atoms with Crippen LogP contribution < -0.4 is 4.72 Å². The Hall–Kier alpha value is -1.91. The van der Waals surface area contributed by atoms with Gasteiger partial charge in [-0.2, -0.15) is 9.61 Å². The lowest BCUT2D eigenvalue weighted by Crippen LogP contribution is -2.26. The average molecular weight is 381 g/mol. The van der Waals surface area contributed by atoms with E-state index in [2.05, 4.69) is 20.0 Å². The van der Waals surface area contributed by atoms with Crippen LogP contribution in [-0.4, -0.2) is 34.8 Å². The maximum atomic E-state index is 13.1. The molecule has 10 heteroatoms. The lowest BCUT2D eigenvalue weighted by molar-refractivity contribution is 0.579. The highest BCUT2D eigenvalue weighted by Crippen LogP contribution is 2.39. The second-order valence-corrected chi connectivity index (χ2v) is 8.86. The summed E-state index contributed by atoms with van der Waals surface area (Å²) < 4.78 is 42.1. The number of hydrogen-bond acceptors (Lipinski definition) is 6. The molecule has 1 N–H and O–H groups in total. The van der Waals surface area contributed by atoms with Gasteiger partial charge in [-0.1, -0.05) is 11.3 Å². The minimum absolute atomic E-state index is 0.0862. The summed E-state index contributed by atoms with van der Waals surface area (Å²) in [6, 6.07) is 3.62. The van der Waals surface area contributed by atoms with Crippen molar-refractivity contribution in [3.8, 4) is 0 Å². The van der Waals surface area contributed by atoms with Crippen LogP contribution in [0.5, 0.6) is 0 Å². The van der Waals surface area contributed by atoms with Crippen LogP contribution in [0.4, 0.5) is 4.39 Å². The maximum absolute atomic E-state index is 13.1. The predicted octanol–water partition coefficient (Wildman–Crippen LogP) is 2.03. The standard InChI is InChI=1S/C15H16FN5O2S2/c1-9-8-11(16)4-5-12(9)25(22,23)17-7-6-13-20-21-14(10-2-3-10)18-19-15(21)24-13/h4-5,8,10,17H,2-3,6-7H2,1H3. The fraction of sp³-hybridized carbons (Fsp3) is 0.400. The Morgan fingerprint density at radius 3 is 2.88 bits per heavy atom. The normalized spacial score (nSPS) is 15.1. The van der Waals surface area contributed by atoms with Crippen molar-refractivity contribution in [1.29, 1.82) is 0 Å². The molecule has 0 saturated heterocycles. The highest BCUT2D eigenvalue weighted by molar-refractivity contribution is 7.89. The number of halogens is 1. The zero-order valence-electron chi connectivity index (χ0n) is 13.4. The highest BCUT2D eigenvalue weighted by atomic mass is 32.2. The average Bonchev–Trinajstić information content (AvgIpc) is 3.17. The Labute approximate surface area is 148 Å². The lowest BCUT2D eigenvalue weighted by atomic mass is 10.2. The van der Waals surface area contributed by atoms with Crippen LogP contribution in [0.15, 0.2) is 23.1 Å². The van der Waals surface area contributed by atoms with Gasteiger partial charge in [-0.15, -0.1) is 10.2 Å². The monoisotopic (exact) mass is 381 g/mol. The zero-order valence-corrected chi connectivity index (χ0v) is 15.1. The van der Waals surface area contributed by atoms with Crippen molar-refractivity contribution in [3.63, 3.8) is 0 Å². The maximum Gasteiger partial charge on any atom is 0.240 e. The van der Waals surface area contributed by atoms with E-state index >= 15 is 0 Å². The van der Waals surface area contributed by atoms with Crippen molar-refractivity contribution >= 4 is 26.3 Å². The number of aryl methyl sites for hydroxylation is 1. The molecule has 1 aromatic carbocycles. The van der Waals surface area contributed by atoms with Crippen LogP contribution in [0.3, 0.4) is 0 Å². The number of aromatic nitrogens is 4. The smallest absolute Gasteiger partial charge is 0.211 e. The van der Waals surface area contributed by atoms with Crippen LogP contribution in [0.1, 0.15) is 35.2 Å². The summed E-state index contributed by atoms with van der Waals surface area (Å²) in [6.07, 6.45) is 2.69. The molecule has 0 amide bonds. The Kier molecular flexibility index (Phi) is 4.05. The summed E-state index contributed by atoms with van der Waals surface area (Å²) in [5.41, 5.74) is 0.375. The van der Waals surface area contributed by atoms with Crippen LogP contribution >= 0.6 is 11.3 Å². The molecule has 0 spiro atoms. The molecule has 0 unspecified atom stereocenters. The van der Waals surface area contributed by atoms with Crippen molar-refractivity contribution in [1.82, 2.24) is 24.5 Å². The number of nitrogens with zero attached hydrogens (tertiary/aromatic N) is 4. The fourth-order valence-electron chi connectivity index (χ4n) is 2.65. The Morgan fingerprint density at radius 2 is 2.16 bits per heavy atom. The van der Waals surface area contributed by atoms with Crippen molar-refractivity contribution in [2.45, 2.75) is 37.0 Å². The third kappa shape index (κ3) is 3.29. The molecular formula is C15H16FN5O2S2. The second kappa shape index (κ2) is 6.11. The van der Waals surface area contributed by atoms with E-state index < -0.39 is 15.8 Å². The molecule has 4 rings (SSSR count). The Bertz CT molecular complexity index is 1040. The van der Waals surface area contributed by atoms with Crippen LogP contribution in [0, 0.1) is 12.7 Å². The topological polar surface area (TPSA) is 89.2 Å². The van der Waals surface area contributed by atoms with Gasteiger partial charge in [0.1, 0.15) is 10.8 Å². The van der Waals surface area contributed by atoms with Gasteiger partial charge in [0.2, 0.25) is 15.0 Å². The first kappa shape index (κ1) is 16.6. The number of nitrogens with one attached hydrogen (secondary N) is 1. The Balaban J connectivity index is 1.44. The number of benzene rings is 1. The summed E-state index contributed by atoms with van der Waals surface area (Å²) in [6.45, 7) is 1.78. The molecule has 132 valence electrons. The molecule has 2 heterocycles. The first-order valence-corrected chi connectivity index (χ1v) is 10.2. The van der Waals surface area contributed by atoms with Crippen molar-refractivity contribution in [2.75, 3.05) is 6.54 Å². The van der Waals surface area contributed by atoms with E-state index in [1.54, 1.807) is 11.4 Å². The number of hydrogen-bond donors (Lipinski definition) is 1. The molecule has 7 nitrogen and oxygen atoms in total. The quantitative estimate of drug-likeness (QED) is 0.706. The number of sulfonamides is 1. The third-order valence-electron chi connectivity index (χ3n) is 4.06. The summed E-state index contributed by atoms with van der Waals surface area (Å²) in [5, 5.41) is 13.6. The van der Waals surface area contributed by atoms with Gasteiger partial charge in [0.05, 0.1) is 4.90 Å². The van der Waals surface area contributed by atoms with E-state index in [4.69, 9.17) is 0 Å². The van der Waals surface area contributed by atoms with Gasteiger partial charge < -0.3 is 0 Å². The minimum Gasteiger partial charge on any atom is -0.211 e. The SMILES string of the molecule is Cc1cc(F)ccc1S(=O)(=O)NCCc1nn2c(C3CC3)nnc2s1. The number of rotatable bonds is 6. The molecule has 0 atom stereocenters. The van der Waals surface area contributed by atoms with Gasteiger partial charge in [-0.25, -0.2) is 17.5 Å². The third-order valence-corrected chi connectivity index (χ3v) is 6.64. The first-order chi connectivity index (χ1) is 11.9. The van der Waals surface area contributed by atoms with Gasteiger partial charge in [0.25, 0.3) is 0 Å². The molecule has 1 fully saturated rings. The van der Waals surface area contributed by atoms with E-state index in [1.165, 1.54) is 23.5 Å². The summed E-state index contributed by atoms with van der Waals surface area (Å²) >= 11 is 1.41. The molecule has 1 aliphatic carbocycles. The van der Waals surface area contributed by atoms with Gasteiger partial charge in [0, 0.05) is 18.9 Å². The second-order valence-electron chi connectivity index (χ2n) is 6.08. The first-order valence-electron chi connectivity index (χ1n) is 7.91. The summed E-state index contributed by atoms with van der Waals surface area (Å²) in [7, 11) is -3.68. The molecule has 25 heavy (non-hydrogen) atoms. The van der Waals surface area contributed by atoms with Gasteiger partial charge in [-0.05, 0) is 43.5 Å². The zero-order chi connectivity index (χ0) is 17.6. The van der Waals surface area contributed by atoms with E-state index in [9.17, 15) is 12.8 Å². The molecule has 1 saturated carbocycles. The van der Waals surface area contributed by atoms with Gasteiger partial charge in [-0.3, -0.25) is 0 Å². The molecule has 0 aliphatic heterocycles. The number of fused-ring (bicyclic) bond motifs is 1. The largest absolute Gasteiger partial charge is 0.240 e. The molecule has 0 radical (unpaired) electrons. The van der Waals surface area contributed by atoms with Crippen molar-refractivity contribution < 1.29 is 12.8 Å². The van der Waals surface area contributed by atoms with E-state index in [0.717, 1.165) is 34.7 Å². The van der Waals surface area contributed by atoms with Crippen molar-refractivity contribution in [2.24, 2.45) is 0 Å². The van der Waals surface area contributed by atoms with E-state index in [1.807, 2.05) is 0 Å².